The zero-order chi connectivity index (χ0) is 17.4. The van der Waals surface area contributed by atoms with E-state index in [2.05, 4.69) is 10.1 Å². The van der Waals surface area contributed by atoms with Gasteiger partial charge < -0.3 is 4.90 Å². The van der Waals surface area contributed by atoms with E-state index in [-0.39, 0.29) is 11.6 Å². The SMILES string of the molecule is Cc1nc(C)n([C@H]2CCCN(C(=O)c3cc(F)c(F)c(F)c3)C2)n1. The Morgan fingerprint density at radius 3 is 2.46 bits per heavy atom. The van der Waals surface area contributed by atoms with Crippen LogP contribution in [0.4, 0.5) is 13.2 Å². The molecule has 1 atom stereocenters. The maximum absolute atomic E-state index is 13.4. The molecule has 1 aliphatic rings. The van der Waals surface area contributed by atoms with Crippen molar-refractivity contribution in [2.24, 2.45) is 0 Å². The molecule has 0 unspecified atom stereocenters. The molecule has 1 amide bonds. The van der Waals surface area contributed by atoms with E-state index in [9.17, 15) is 18.0 Å². The average Bonchev–Trinajstić information content (AvgIpc) is 2.90. The summed E-state index contributed by atoms with van der Waals surface area (Å²) in [5.74, 6) is -3.42. The van der Waals surface area contributed by atoms with Gasteiger partial charge in [0.1, 0.15) is 11.6 Å². The highest BCUT2D eigenvalue weighted by molar-refractivity contribution is 5.94. The van der Waals surface area contributed by atoms with Gasteiger partial charge >= 0.3 is 0 Å². The third-order valence-electron chi connectivity index (χ3n) is 4.17. The quantitative estimate of drug-likeness (QED) is 0.791. The Balaban J connectivity index is 1.82. The predicted molar refractivity (Wildman–Crippen MR) is 80.0 cm³/mol. The maximum Gasteiger partial charge on any atom is 0.254 e. The lowest BCUT2D eigenvalue weighted by atomic mass is 10.0. The number of amides is 1. The van der Waals surface area contributed by atoms with Crippen molar-refractivity contribution < 1.29 is 18.0 Å². The molecule has 1 fully saturated rings. The molecule has 0 radical (unpaired) electrons. The second-order valence-corrected chi connectivity index (χ2v) is 5.95. The van der Waals surface area contributed by atoms with Crippen LogP contribution in [0.15, 0.2) is 12.1 Å². The smallest absolute Gasteiger partial charge is 0.254 e. The van der Waals surface area contributed by atoms with Gasteiger partial charge in [0.25, 0.3) is 5.91 Å². The number of benzene rings is 1. The van der Waals surface area contributed by atoms with Gasteiger partial charge in [0, 0.05) is 18.7 Å². The van der Waals surface area contributed by atoms with Crippen LogP contribution in [0.5, 0.6) is 0 Å². The second kappa shape index (κ2) is 6.26. The fraction of sp³-hybridized carbons (Fsp3) is 0.438. The second-order valence-electron chi connectivity index (χ2n) is 5.95. The number of nitrogens with zero attached hydrogens (tertiary/aromatic N) is 4. The van der Waals surface area contributed by atoms with E-state index in [4.69, 9.17) is 0 Å². The van der Waals surface area contributed by atoms with Gasteiger partial charge in [-0.1, -0.05) is 0 Å². The van der Waals surface area contributed by atoms with Crippen LogP contribution in [0.1, 0.15) is 40.9 Å². The Kier molecular flexibility index (Phi) is 4.29. The lowest BCUT2D eigenvalue weighted by Gasteiger charge is -2.33. The zero-order valence-corrected chi connectivity index (χ0v) is 13.4. The van der Waals surface area contributed by atoms with Crippen LogP contribution in [0, 0.1) is 31.3 Å². The van der Waals surface area contributed by atoms with E-state index in [1.165, 1.54) is 4.90 Å². The largest absolute Gasteiger partial charge is 0.336 e. The van der Waals surface area contributed by atoms with Gasteiger partial charge in [-0.3, -0.25) is 4.79 Å². The number of piperidine rings is 1. The molecule has 0 N–H and O–H groups in total. The van der Waals surface area contributed by atoms with Gasteiger partial charge in [-0.25, -0.2) is 22.8 Å². The molecule has 1 aliphatic heterocycles. The van der Waals surface area contributed by atoms with E-state index in [0.717, 1.165) is 30.8 Å². The molecule has 5 nitrogen and oxygen atoms in total. The number of hydrogen-bond donors (Lipinski definition) is 0. The molecule has 2 heterocycles. The zero-order valence-electron chi connectivity index (χ0n) is 13.4. The number of carbonyl (C=O) groups is 1. The van der Waals surface area contributed by atoms with Crippen molar-refractivity contribution >= 4 is 5.91 Å². The first-order chi connectivity index (χ1) is 11.4. The molecule has 1 saturated heterocycles. The number of halogens is 3. The van der Waals surface area contributed by atoms with Gasteiger partial charge in [-0.2, -0.15) is 5.10 Å². The third kappa shape index (κ3) is 3.00. The molecule has 3 rings (SSSR count). The molecule has 128 valence electrons. The summed E-state index contributed by atoms with van der Waals surface area (Å²) in [6.45, 7) is 4.47. The highest BCUT2D eigenvalue weighted by atomic mass is 19.2. The number of aromatic nitrogens is 3. The number of aryl methyl sites for hydroxylation is 2. The van der Waals surface area contributed by atoms with Crippen molar-refractivity contribution in [1.82, 2.24) is 19.7 Å². The molecule has 0 aliphatic carbocycles. The normalized spacial score (nSPS) is 18.0. The molecule has 1 aromatic heterocycles. The highest BCUT2D eigenvalue weighted by Gasteiger charge is 2.28. The summed E-state index contributed by atoms with van der Waals surface area (Å²) in [4.78, 5) is 18.3. The summed E-state index contributed by atoms with van der Waals surface area (Å²) < 4.78 is 41.5. The Labute approximate surface area is 137 Å². The minimum Gasteiger partial charge on any atom is -0.336 e. The van der Waals surface area contributed by atoms with E-state index >= 15 is 0 Å². The third-order valence-corrected chi connectivity index (χ3v) is 4.17. The van der Waals surface area contributed by atoms with Crippen molar-refractivity contribution in [3.05, 3.63) is 46.8 Å². The van der Waals surface area contributed by atoms with E-state index in [1.54, 1.807) is 11.6 Å². The van der Waals surface area contributed by atoms with Crippen molar-refractivity contribution in [2.75, 3.05) is 13.1 Å². The summed E-state index contributed by atoms with van der Waals surface area (Å²) in [5.41, 5.74) is -0.196. The van der Waals surface area contributed by atoms with Crippen molar-refractivity contribution in [2.45, 2.75) is 32.7 Å². The standard InChI is InChI=1S/C16H17F3N4O/c1-9-20-10(2)23(21-9)12-4-3-5-22(8-12)16(24)11-6-13(17)15(19)14(18)7-11/h6-7,12H,3-5,8H2,1-2H3/t12-/m0/s1. The number of likely N-dealkylation sites (tertiary alicyclic amines) is 1. The molecule has 2 aromatic rings. The van der Waals surface area contributed by atoms with E-state index < -0.39 is 23.4 Å². The van der Waals surface area contributed by atoms with Gasteiger partial charge in [0.2, 0.25) is 0 Å². The molecule has 0 saturated carbocycles. The Bertz CT molecular complexity index is 767. The summed E-state index contributed by atoms with van der Waals surface area (Å²) >= 11 is 0. The predicted octanol–water partition coefficient (Wildman–Crippen LogP) is 2.79. The topological polar surface area (TPSA) is 51.0 Å². The van der Waals surface area contributed by atoms with Crippen LogP contribution in [0.25, 0.3) is 0 Å². The summed E-state index contributed by atoms with van der Waals surface area (Å²) in [6.07, 6.45) is 1.57. The minimum atomic E-state index is -1.57. The first kappa shape index (κ1) is 16.5. The molecule has 0 spiro atoms. The van der Waals surface area contributed by atoms with Crippen molar-refractivity contribution in [1.29, 1.82) is 0 Å². The summed E-state index contributed by atoms with van der Waals surface area (Å²) in [6, 6.07) is 1.42. The Hall–Kier alpha value is -2.38. The number of rotatable bonds is 2. The molecular formula is C16H17F3N4O. The molecule has 1 aromatic carbocycles. The first-order valence-corrected chi connectivity index (χ1v) is 7.70. The number of carbonyl (C=O) groups excluding carboxylic acids is 1. The van der Waals surface area contributed by atoms with Crippen LogP contribution in [0.3, 0.4) is 0 Å². The van der Waals surface area contributed by atoms with Gasteiger partial charge in [0.05, 0.1) is 6.04 Å². The Morgan fingerprint density at radius 2 is 1.88 bits per heavy atom. The molecule has 8 heteroatoms. The highest BCUT2D eigenvalue weighted by Crippen LogP contribution is 2.24. The van der Waals surface area contributed by atoms with Crippen LogP contribution in [-0.4, -0.2) is 38.7 Å². The molecule has 24 heavy (non-hydrogen) atoms. The maximum atomic E-state index is 13.4. The van der Waals surface area contributed by atoms with E-state index in [0.29, 0.717) is 18.9 Å². The lowest BCUT2D eigenvalue weighted by Crippen LogP contribution is -2.41. The lowest BCUT2D eigenvalue weighted by molar-refractivity contribution is 0.0670. The van der Waals surface area contributed by atoms with Crippen molar-refractivity contribution in [3.63, 3.8) is 0 Å². The summed E-state index contributed by atoms with van der Waals surface area (Å²) in [5, 5.41) is 4.34. The summed E-state index contributed by atoms with van der Waals surface area (Å²) in [7, 11) is 0. The van der Waals surface area contributed by atoms with Crippen LogP contribution >= 0.6 is 0 Å². The Morgan fingerprint density at radius 1 is 1.21 bits per heavy atom. The first-order valence-electron chi connectivity index (χ1n) is 7.70. The van der Waals surface area contributed by atoms with Gasteiger partial charge in [0.15, 0.2) is 17.5 Å². The van der Waals surface area contributed by atoms with E-state index in [1.807, 2.05) is 6.92 Å². The fourth-order valence-corrected chi connectivity index (χ4v) is 3.08. The van der Waals surface area contributed by atoms with Gasteiger partial charge in [-0.15, -0.1) is 0 Å². The molecular weight excluding hydrogens is 321 g/mol. The monoisotopic (exact) mass is 338 g/mol. The minimum absolute atomic E-state index is 0.0426. The van der Waals surface area contributed by atoms with Gasteiger partial charge in [-0.05, 0) is 38.8 Å². The number of hydrogen-bond acceptors (Lipinski definition) is 3. The molecule has 0 bridgehead atoms. The average molecular weight is 338 g/mol. The fourth-order valence-electron chi connectivity index (χ4n) is 3.08. The van der Waals surface area contributed by atoms with Crippen LogP contribution in [-0.2, 0) is 0 Å². The van der Waals surface area contributed by atoms with Crippen LogP contribution < -0.4 is 0 Å². The van der Waals surface area contributed by atoms with Crippen LogP contribution in [0.2, 0.25) is 0 Å². The van der Waals surface area contributed by atoms with Crippen molar-refractivity contribution in [3.8, 4) is 0 Å².